The molecule has 16 heavy (non-hydrogen) atoms. The van der Waals surface area contributed by atoms with E-state index in [-0.39, 0.29) is 11.9 Å². The number of carbonyl (C=O) groups excluding carboxylic acids is 1. The summed E-state index contributed by atoms with van der Waals surface area (Å²) < 4.78 is 0. The molecule has 0 aliphatic carbocycles. The molecule has 1 amide bonds. The zero-order valence-corrected chi connectivity index (χ0v) is 9.78. The maximum atomic E-state index is 11.6. The molecule has 4 heteroatoms. The Morgan fingerprint density at radius 3 is 2.50 bits per heavy atom. The zero-order chi connectivity index (χ0) is 11.5. The average Bonchev–Trinajstić information content (AvgIpc) is 2.74. The van der Waals surface area contributed by atoms with Crippen LogP contribution < -0.4 is 5.73 Å². The van der Waals surface area contributed by atoms with Crippen LogP contribution in [0.25, 0.3) is 0 Å². The number of amides is 1. The van der Waals surface area contributed by atoms with Crippen molar-refractivity contribution in [3.05, 3.63) is 34.9 Å². The van der Waals surface area contributed by atoms with Crippen LogP contribution in [-0.2, 0) is 4.79 Å². The van der Waals surface area contributed by atoms with Gasteiger partial charge in [0.1, 0.15) is 6.04 Å². The van der Waals surface area contributed by atoms with Crippen molar-refractivity contribution in [1.29, 1.82) is 0 Å². The fraction of sp³-hybridized carbons (Fsp3) is 0.417. The Morgan fingerprint density at radius 1 is 1.31 bits per heavy atom. The van der Waals surface area contributed by atoms with Crippen molar-refractivity contribution in [2.45, 2.75) is 18.9 Å². The highest BCUT2D eigenvalue weighted by atomic mass is 35.5. The van der Waals surface area contributed by atoms with Crippen molar-refractivity contribution in [2.24, 2.45) is 5.73 Å². The number of halogens is 1. The Kier molecular flexibility index (Phi) is 3.46. The Labute approximate surface area is 100 Å². The van der Waals surface area contributed by atoms with Gasteiger partial charge in [-0.2, -0.15) is 0 Å². The van der Waals surface area contributed by atoms with E-state index in [1.807, 2.05) is 18.2 Å². The molecule has 1 aromatic carbocycles. The van der Waals surface area contributed by atoms with Crippen LogP contribution in [0, 0.1) is 0 Å². The Hall–Kier alpha value is -1.06. The van der Waals surface area contributed by atoms with Gasteiger partial charge in [0.2, 0.25) is 5.91 Å². The molecule has 0 saturated carbocycles. The van der Waals surface area contributed by atoms with E-state index in [1.165, 1.54) is 0 Å². The second kappa shape index (κ2) is 4.85. The minimum atomic E-state index is -0.379. The van der Waals surface area contributed by atoms with Gasteiger partial charge < -0.3 is 5.73 Å². The summed E-state index contributed by atoms with van der Waals surface area (Å²) in [4.78, 5) is 13.7. The molecule has 3 nitrogen and oxygen atoms in total. The highest BCUT2D eigenvalue weighted by Gasteiger charge is 2.29. The molecule has 1 saturated heterocycles. The summed E-state index contributed by atoms with van der Waals surface area (Å²) in [6.07, 6.45) is 2.24. The summed E-state index contributed by atoms with van der Waals surface area (Å²) in [5.41, 5.74) is 6.30. The molecule has 1 fully saturated rings. The molecule has 2 rings (SSSR count). The van der Waals surface area contributed by atoms with Crippen molar-refractivity contribution in [3.8, 4) is 0 Å². The van der Waals surface area contributed by atoms with Crippen molar-refractivity contribution in [2.75, 3.05) is 13.1 Å². The highest BCUT2D eigenvalue weighted by molar-refractivity contribution is 6.31. The van der Waals surface area contributed by atoms with Gasteiger partial charge in [-0.25, -0.2) is 0 Å². The maximum absolute atomic E-state index is 11.6. The molecule has 1 unspecified atom stereocenters. The SMILES string of the molecule is NC(=O)C(c1ccccc1Cl)N1CCCC1. The molecule has 0 spiro atoms. The number of primary amides is 1. The molecular formula is C12H15ClN2O. The molecule has 86 valence electrons. The lowest BCUT2D eigenvalue weighted by molar-refractivity contribution is -0.123. The van der Waals surface area contributed by atoms with Crippen LogP contribution in [0.3, 0.4) is 0 Å². The standard InChI is InChI=1S/C12H15ClN2O/c13-10-6-2-1-5-9(10)11(12(14)16)15-7-3-4-8-15/h1-2,5-6,11H,3-4,7-8H2,(H2,14,16). The third kappa shape index (κ3) is 2.20. The van der Waals surface area contributed by atoms with E-state index in [4.69, 9.17) is 17.3 Å². The smallest absolute Gasteiger partial charge is 0.239 e. The van der Waals surface area contributed by atoms with Gasteiger partial charge >= 0.3 is 0 Å². The number of carbonyl (C=O) groups is 1. The van der Waals surface area contributed by atoms with Crippen LogP contribution in [0.15, 0.2) is 24.3 Å². The maximum Gasteiger partial charge on any atom is 0.239 e. The first-order valence-corrected chi connectivity index (χ1v) is 5.86. The molecule has 2 N–H and O–H groups in total. The Balaban J connectivity index is 2.32. The fourth-order valence-electron chi connectivity index (χ4n) is 2.23. The largest absolute Gasteiger partial charge is 0.368 e. The number of rotatable bonds is 3. The molecule has 0 radical (unpaired) electrons. The molecule has 1 heterocycles. The van der Waals surface area contributed by atoms with Crippen LogP contribution in [-0.4, -0.2) is 23.9 Å². The van der Waals surface area contributed by atoms with Gasteiger partial charge in [-0.1, -0.05) is 29.8 Å². The van der Waals surface area contributed by atoms with Crippen LogP contribution in [0.2, 0.25) is 5.02 Å². The first kappa shape index (κ1) is 11.4. The number of nitrogens with two attached hydrogens (primary N) is 1. The summed E-state index contributed by atoms with van der Waals surface area (Å²) in [5, 5.41) is 0.609. The number of nitrogens with zero attached hydrogens (tertiary/aromatic N) is 1. The normalized spacial score (nSPS) is 18.6. The first-order valence-electron chi connectivity index (χ1n) is 5.48. The number of hydrogen-bond donors (Lipinski definition) is 1. The molecule has 1 aromatic rings. The lowest BCUT2D eigenvalue weighted by Gasteiger charge is -2.25. The van der Waals surface area contributed by atoms with Gasteiger partial charge in [0.15, 0.2) is 0 Å². The van der Waals surface area contributed by atoms with E-state index < -0.39 is 0 Å². The van der Waals surface area contributed by atoms with Crippen LogP contribution >= 0.6 is 11.6 Å². The van der Waals surface area contributed by atoms with Crippen molar-refractivity contribution >= 4 is 17.5 Å². The van der Waals surface area contributed by atoms with E-state index in [0.717, 1.165) is 31.5 Å². The quantitative estimate of drug-likeness (QED) is 0.875. The number of likely N-dealkylation sites (tertiary alicyclic amines) is 1. The second-order valence-electron chi connectivity index (χ2n) is 4.07. The third-order valence-corrected chi connectivity index (χ3v) is 3.32. The summed E-state index contributed by atoms with van der Waals surface area (Å²) in [6.45, 7) is 1.83. The van der Waals surface area contributed by atoms with Crippen LogP contribution in [0.4, 0.5) is 0 Å². The monoisotopic (exact) mass is 238 g/mol. The van der Waals surface area contributed by atoms with Gasteiger partial charge in [0.05, 0.1) is 0 Å². The topological polar surface area (TPSA) is 46.3 Å². The second-order valence-corrected chi connectivity index (χ2v) is 4.48. The summed E-state index contributed by atoms with van der Waals surface area (Å²) >= 11 is 6.11. The van der Waals surface area contributed by atoms with Gasteiger partial charge in [-0.3, -0.25) is 9.69 Å². The van der Waals surface area contributed by atoms with Crippen molar-refractivity contribution < 1.29 is 4.79 Å². The lowest BCUT2D eigenvalue weighted by atomic mass is 10.1. The van der Waals surface area contributed by atoms with Gasteiger partial charge in [0, 0.05) is 5.02 Å². The van der Waals surface area contributed by atoms with Gasteiger partial charge in [0.25, 0.3) is 0 Å². The molecule has 1 aliphatic rings. The third-order valence-electron chi connectivity index (χ3n) is 2.98. The molecule has 0 bridgehead atoms. The number of hydrogen-bond acceptors (Lipinski definition) is 2. The predicted octanol–water partition coefficient (Wildman–Crippen LogP) is 1.96. The van der Waals surface area contributed by atoms with Gasteiger partial charge in [-0.15, -0.1) is 0 Å². The summed E-state index contributed by atoms with van der Waals surface area (Å²) in [6, 6.07) is 7.02. The Bertz CT molecular complexity index is 388. The van der Waals surface area contributed by atoms with E-state index >= 15 is 0 Å². The number of benzene rings is 1. The van der Waals surface area contributed by atoms with E-state index in [2.05, 4.69) is 4.90 Å². The molecular weight excluding hydrogens is 224 g/mol. The molecule has 0 aromatic heterocycles. The summed E-state index contributed by atoms with van der Waals surface area (Å²) in [7, 11) is 0. The molecule has 1 aliphatic heterocycles. The molecule has 1 atom stereocenters. The first-order chi connectivity index (χ1) is 7.70. The van der Waals surface area contributed by atoms with E-state index in [9.17, 15) is 4.79 Å². The van der Waals surface area contributed by atoms with Crippen molar-refractivity contribution in [3.63, 3.8) is 0 Å². The minimum Gasteiger partial charge on any atom is -0.368 e. The average molecular weight is 239 g/mol. The van der Waals surface area contributed by atoms with E-state index in [0.29, 0.717) is 5.02 Å². The van der Waals surface area contributed by atoms with E-state index in [1.54, 1.807) is 6.07 Å². The van der Waals surface area contributed by atoms with Gasteiger partial charge in [-0.05, 0) is 37.6 Å². The highest BCUT2D eigenvalue weighted by Crippen LogP contribution is 2.29. The Morgan fingerprint density at radius 2 is 1.94 bits per heavy atom. The zero-order valence-electron chi connectivity index (χ0n) is 9.03. The summed E-state index contributed by atoms with van der Waals surface area (Å²) in [5.74, 6) is -0.324. The van der Waals surface area contributed by atoms with Crippen molar-refractivity contribution in [1.82, 2.24) is 4.90 Å². The minimum absolute atomic E-state index is 0.324. The van der Waals surface area contributed by atoms with Crippen LogP contribution in [0.5, 0.6) is 0 Å². The fourth-order valence-corrected chi connectivity index (χ4v) is 2.47. The van der Waals surface area contributed by atoms with Crippen LogP contribution in [0.1, 0.15) is 24.4 Å². The lowest BCUT2D eigenvalue weighted by Crippen LogP contribution is -2.36. The predicted molar refractivity (Wildman–Crippen MR) is 64.2 cm³/mol.